The number of benzene rings is 1. The van der Waals surface area contributed by atoms with Crippen molar-refractivity contribution < 1.29 is 4.79 Å². The normalized spacial score (nSPS) is 14.0. The Bertz CT molecular complexity index is 708. The van der Waals surface area contributed by atoms with E-state index in [1.165, 1.54) is 35.7 Å². The summed E-state index contributed by atoms with van der Waals surface area (Å²) in [7, 11) is 3.83. The van der Waals surface area contributed by atoms with Gasteiger partial charge in [0.25, 0.3) is 0 Å². The second-order valence-corrected chi connectivity index (χ2v) is 7.08. The quantitative estimate of drug-likeness (QED) is 0.764. The van der Waals surface area contributed by atoms with Crippen LogP contribution in [0.15, 0.2) is 29.4 Å². The molecule has 1 aromatic heterocycles. The van der Waals surface area contributed by atoms with Gasteiger partial charge in [-0.2, -0.15) is 0 Å². The van der Waals surface area contributed by atoms with Crippen LogP contribution < -0.4 is 0 Å². The Labute approximate surface area is 141 Å². The monoisotopic (exact) mass is 330 g/mol. The first-order valence-electron chi connectivity index (χ1n) is 7.87. The van der Waals surface area contributed by atoms with Crippen molar-refractivity contribution in [3.8, 4) is 0 Å². The molecule has 0 saturated heterocycles. The van der Waals surface area contributed by atoms with Crippen LogP contribution in [-0.4, -0.2) is 38.4 Å². The highest BCUT2D eigenvalue weighted by Crippen LogP contribution is 2.39. The zero-order valence-corrected chi connectivity index (χ0v) is 14.6. The number of carbonyl (C=O) groups excluding carboxylic acids is 1. The topological polar surface area (TPSA) is 51.0 Å². The minimum absolute atomic E-state index is 0.106. The van der Waals surface area contributed by atoms with Crippen LogP contribution >= 0.6 is 11.8 Å². The summed E-state index contributed by atoms with van der Waals surface area (Å²) in [5.41, 5.74) is 2.39. The Hall–Kier alpha value is -1.82. The second-order valence-electron chi connectivity index (χ2n) is 6.14. The maximum Gasteiger partial charge on any atom is 0.233 e. The fraction of sp³-hybridized carbons (Fsp3) is 0.471. The van der Waals surface area contributed by atoms with E-state index in [1.54, 1.807) is 4.90 Å². The van der Waals surface area contributed by atoms with Crippen LogP contribution in [0.3, 0.4) is 0 Å². The highest BCUT2D eigenvalue weighted by molar-refractivity contribution is 7.99. The predicted octanol–water partition coefficient (Wildman–Crippen LogP) is 2.75. The van der Waals surface area contributed by atoms with Gasteiger partial charge in [0.15, 0.2) is 5.16 Å². The Morgan fingerprint density at radius 3 is 2.78 bits per heavy atom. The number of hydrogen-bond donors (Lipinski definition) is 0. The smallest absolute Gasteiger partial charge is 0.233 e. The highest BCUT2D eigenvalue weighted by atomic mass is 32.2. The number of thioether (sulfide) groups is 1. The molecule has 0 unspecified atom stereocenters. The molecule has 1 aliphatic rings. The van der Waals surface area contributed by atoms with Gasteiger partial charge in [0.05, 0.1) is 5.75 Å². The first kappa shape index (κ1) is 16.1. The van der Waals surface area contributed by atoms with E-state index in [-0.39, 0.29) is 5.91 Å². The molecule has 1 aliphatic carbocycles. The predicted molar refractivity (Wildman–Crippen MR) is 91.4 cm³/mol. The molecule has 0 aliphatic heterocycles. The van der Waals surface area contributed by atoms with E-state index in [9.17, 15) is 4.79 Å². The fourth-order valence-electron chi connectivity index (χ4n) is 2.52. The van der Waals surface area contributed by atoms with Crippen LogP contribution in [-0.2, 0) is 18.4 Å². The highest BCUT2D eigenvalue weighted by Gasteiger charge is 2.29. The largest absolute Gasteiger partial charge is 0.341 e. The Kier molecular flexibility index (Phi) is 4.71. The summed E-state index contributed by atoms with van der Waals surface area (Å²) in [6.45, 7) is 2.71. The number of aryl methyl sites for hydroxylation is 1. The molecule has 1 fully saturated rings. The number of rotatable bonds is 6. The molecule has 2 aromatic rings. The molecule has 23 heavy (non-hydrogen) atoms. The minimum atomic E-state index is 0.106. The van der Waals surface area contributed by atoms with Gasteiger partial charge in [0.1, 0.15) is 5.82 Å². The minimum Gasteiger partial charge on any atom is -0.341 e. The first-order valence-corrected chi connectivity index (χ1v) is 8.85. The van der Waals surface area contributed by atoms with Crippen molar-refractivity contribution in [3.05, 3.63) is 41.2 Å². The third-order valence-corrected chi connectivity index (χ3v) is 5.24. The molecule has 0 spiro atoms. The van der Waals surface area contributed by atoms with Crippen molar-refractivity contribution >= 4 is 17.7 Å². The number of amides is 1. The van der Waals surface area contributed by atoms with Gasteiger partial charge in [-0.1, -0.05) is 36.0 Å². The van der Waals surface area contributed by atoms with E-state index in [1.807, 2.05) is 30.8 Å². The van der Waals surface area contributed by atoms with Crippen molar-refractivity contribution in [2.45, 2.75) is 37.4 Å². The zero-order valence-electron chi connectivity index (χ0n) is 13.8. The number of nitrogens with zero attached hydrogens (tertiary/aromatic N) is 4. The van der Waals surface area contributed by atoms with Gasteiger partial charge in [-0.05, 0) is 30.9 Å². The molecular formula is C17H22N4OS. The summed E-state index contributed by atoms with van der Waals surface area (Å²) in [4.78, 5) is 14.1. The number of carbonyl (C=O) groups is 1. The van der Waals surface area contributed by atoms with Gasteiger partial charge in [0, 0.05) is 26.6 Å². The molecule has 1 heterocycles. The lowest BCUT2D eigenvalue weighted by Gasteiger charge is -2.18. The third kappa shape index (κ3) is 3.75. The van der Waals surface area contributed by atoms with Crippen molar-refractivity contribution in [3.63, 3.8) is 0 Å². The molecule has 3 rings (SSSR count). The first-order chi connectivity index (χ1) is 11.1. The zero-order chi connectivity index (χ0) is 16.4. The van der Waals surface area contributed by atoms with E-state index in [4.69, 9.17) is 0 Å². The maximum absolute atomic E-state index is 12.3. The van der Waals surface area contributed by atoms with Gasteiger partial charge >= 0.3 is 0 Å². The van der Waals surface area contributed by atoms with Crippen LogP contribution in [0, 0.1) is 6.92 Å². The standard InChI is InChI=1S/C17H22N4OS/c1-12-6-4-5-7-14(12)10-20(2)15(22)11-23-17-19-18-16(21(17)3)13-8-9-13/h4-7,13H,8-11H2,1-3H3. The third-order valence-electron chi connectivity index (χ3n) is 4.23. The second kappa shape index (κ2) is 6.74. The summed E-state index contributed by atoms with van der Waals surface area (Å²) < 4.78 is 2.02. The summed E-state index contributed by atoms with van der Waals surface area (Å²) in [5, 5.41) is 9.28. The Morgan fingerprint density at radius 2 is 2.09 bits per heavy atom. The molecule has 1 amide bonds. The van der Waals surface area contributed by atoms with E-state index >= 15 is 0 Å². The average Bonchev–Trinajstić information content (AvgIpc) is 3.31. The van der Waals surface area contributed by atoms with Crippen molar-refractivity contribution in [1.29, 1.82) is 0 Å². The molecule has 1 aromatic carbocycles. The van der Waals surface area contributed by atoms with Gasteiger partial charge in [0.2, 0.25) is 5.91 Å². The SMILES string of the molecule is Cc1ccccc1CN(C)C(=O)CSc1nnc(C2CC2)n1C. The van der Waals surface area contributed by atoms with Crippen molar-refractivity contribution in [1.82, 2.24) is 19.7 Å². The molecule has 0 N–H and O–H groups in total. The van der Waals surface area contributed by atoms with E-state index in [0.29, 0.717) is 18.2 Å². The van der Waals surface area contributed by atoms with Gasteiger partial charge in [-0.15, -0.1) is 10.2 Å². The fourth-order valence-corrected chi connectivity index (χ4v) is 3.38. The molecule has 5 nitrogen and oxygen atoms in total. The summed E-state index contributed by atoms with van der Waals surface area (Å²) in [6.07, 6.45) is 2.41. The molecular weight excluding hydrogens is 308 g/mol. The van der Waals surface area contributed by atoms with Crippen LogP contribution in [0.2, 0.25) is 0 Å². The van der Waals surface area contributed by atoms with Crippen LogP contribution in [0.1, 0.15) is 35.7 Å². The van der Waals surface area contributed by atoms with Gasteiger partial charge < -0.3 is 9.47 Å². The summed E-state index contributed by atoms with van der Waals surface area (Å²) >= 11 is 1.46. The van der Waals surface area contributed by atoms with Gasteiger partial charge in [-0.3, -0.25) is 4.79 Å². The molecule has 0 bridgehead atoms. The van der Waals surface area contributed by atoms with Crippen LogP contribution in [0.4, 0.5) is 0 Å². The van der Waals surface area contributed by atoms with Crippen molar-refractivity contribution in [2.75, 3.05) is 12.8 Å². The Balaban J connectivity index is 1.55. The van der Waals surface area contributed by atoms with Crippen molar-refractivity contribution in [2.24, 2.45) is 7.05 Å². The maximum atomic E-state index is 12.3. The molecule has 0 atom stereocenters. The lowest BCUT2D eigenvalue weighted by Crippen LogP contribution is -2.28. The lowest BCUT2D eigenvalue weighted by atomic mass is 10.1. The number of aromatic nitrogens is 3. The summed E-state index contributed by atoms with van der Waals surface area (Å²) in [6, 6.07) is 8.16. The number of hydrogen-bond acceptors (Lipinski definition) is 4. The van der Waals surface area contributed by atoms with E-state index in [2.05, 4.69) is 29.3 Å². The van der Waals surface area contributed by atoms with Gasteiger partial charge in [-0.25, -0.2) is 0 Å². The van der Waals surface area contributed by atoms with E-state index in [0.717, 1.165) is 11.0 Å². The Morgan fingerprint density at radius 1 is 1.35 bits per heavy atom. The van der Waals surface area contributed by atoms with Crippen LogP contribution in [0.25, 0.3) is 0 Å². The van der Waals surface area contributed by atoms with Crippen LogP contribution in [0.5, 0.6) is 0 Å². The lowest BCUT2D eigenvalue weighted by molar-refractivity contribution is -0.127. The molecule has 122 valence electrons. The molecule has 6 heteroatoms. The summed E-state index contributed by atoms with van der Waals surface area (Å²) in [5.74, 6) is 2.11. The van der Waals surface area contributed by atoms with E-state index < -0.39 is 0 Å². The average molecular weight is 330 g/mol. The molecule has 1 saturated carbocycles. The molecule has 0 radical (unpaired) electrons.